The molecule has 5 heteroatoms. The van der Waals surface area contributed by atoms with Crippen molar-refractivity contribution in [1.29, 1.82) is 0 Å². The van der Waals surface area contributed by atoms with Gasteiger partial charge in [-0.15, -0.1) is 11.6 Å². The third kappa shape index (κ3) is 3.10. The maximum absolute atomic E-state index is 13.4. The second-order valence-corrected chi connectivity index (χ2v) is 5.86. The zero-order chi connectivity index (χ0) is 14.2. The molecule has 0 amide bonds. The van der Waals surface area contributed by atoms with Crippen molar-refractivity contribution in [3.63, 3.8) is 0 Å². The standard InChI is InChI=1S/C14H9BrCl2F2/c1-7-4-9(11(16)6-13(7)19)14(17)8-2-3-12(18)10(15)5-8/h2-6,14H,1H3. The van der Waals surface area contributed by atoms with Crippen molar-refractivity contribution in [2.24, 2.45) is 0 Å². The average Bonchev–Trinajstić information content (AvgIpc) is 2.36. The van der Waals surface area contributed by atoms with Gasteiger partial charge in [-0.2, -0.15) is 0 Å². The van der Waals surface area contributed by atoms with E-state index in [4.69, 9.17) is 23.2 Å². The van der Waals surface area contributed by atoms with E-state index in [9.17, 15) is 8.78 Å². The highest BCUT2D eigenvalue weighted by Crippen LogP contribution is 2.36. The molecule has 2 aromatic carbocycles. The van der Waals surface area contributed by atoms with Crippen LogP contribution in [0.5, 0.6) is 0 Å². The molecule has 0 N–H and O–H groups in total. The van der Waals surface area contributed by atoms with Crippen LogP contribution in [0, 0.1) is 18.6 Å². The van der Waals surface area contributed by atoms with Gasteiger partial charge in [0.25, 0.3) is 0 Å². The molecule has 0 bridgehead atoms. The molecular formula is C14H9BrCl2F2. The molecule has 0 saturated heterocycles. The van der Waals surface area contributed by atoms with E-state index >= 15 is 0 Å². The second-order valence-electron chi connectivity index (χ2n) is 4.16. The largest absolute Gasteiger partial charge is 0.207 e. The highest BCUT2D eigenvalue weighted by atomic mass is 79.9. The number of benzene rings is 2. The van der Waals surface area contributed by atoms with E-state index in [0.29, 0.717) is 21.2 Å². The van der Waals surface area contributed by atoms with Crippen LogP contribution in [0.3, 0.4) is 0 Å². The number of halogens is 5. The first kappa shape index (κ1) is 14.8. The van der Waals surface area contributed by atoms with Crippen LogP contribution in [0.1, 0.15) is 22.1 Å². The number of alkyl halides is 1. The quantitative estimate of drug-likeness (QED) is 0.571. The lowest BCUT2D eigenvalue weighted by Crippen LogP contribution is -1.97. The van der Waals surface area contributed by atoms with Crippen molar-refractivity contribution in [3.05, 3.63) is 68.2 Å². The molecular weight excluding hydrogens is 357 g/mol. The predicted molar refractivity (Wildman–Crippen MR) is 77.9 cm³/mol. The molecule has 19 heavy (non-hydrogen) atoms. The van der Waals surface area contributed by atoms with E-state index in [-0.39, 0.29) is 16.7 Å². The van der Waals surface area contributed by atoms with E-state index < -0.39 is 5.38 Å². The first-order valence-electron chi connectivity index (χ1n) is 5.44. The summed E-state index contributed by atoms with van der Waals surface area (Å²) in [5, 5.41) is -0.313. The van der Waals surface area contributed by atoms with Crippen LogP contribution in [0.2, 0.25) is 5.02 Å². The Hall–Kier alpha value is -0.640. The summed E-state index contributed by atoms with van der Waals surface area (Å²) in [6, 6.07) is 7.32. The van der Waals surface area contributed by atoms with Crippen molar-refractivity contribution in [1.82, 2.24) is 0 Å². The minimum absolute atomic E-state index is 0.253. The monoisotopic (exact) mass is 364 g/mol. The van der Waals surface area contributed by atoms with Crippen molar-refractivity contribution >= 4 is 39.1 Å². The van der Waals surface area contributed by atoms with Crippen LogP contribution < -0.4 is 0 Å². The summed E-state index contributed by atoms with van der Waals surface area (Å²) in [6.07, 6.45) is 0. The predicted octanol–water partition coefficient (Wildman–Crippen LogP) is 6.02. The van der Waals surface area contributed by atoms with Gasteiger partial charge in [0.2, 0.25) is 0 Å². The number of rotatable bonds is 2. The fourth-order valence-electron chi connectivity index (χ4n) is 1.72. The Bertz CT molecular complexity index is 629. The number of hydrogen-bond donors (Lipinski definition) is 0. The number of hydrogen-bond acceptors (Lipinski definition) is 0. The third-order valence-electron chi connectivity index (χ3n) is 2.79. The SMILES string of the molecule is Cc1cc(C(Cl)c2ccc(F)c(Br)c2)c(Cl)cc1F. The Morgan fingerprint density at radius 2 is 1.79 bits per heavy atom. The molecule has 0 saturated carbocycles. The molecule has 0 aromatic heterocycles. The molecule has 0 aliphatic rings. The minimum atomic E-state index is -0.566. The van der Waals surface area contributed by atoms with E-state index in [1.165, 1.54) is 12.1 Å². The molecule has 0 aliphatic heterocycles. The third-order valence-corrected chi connectivity index (χ3v) is 4.21. The molecule has 0 radical (unpaired) electrons. The smallest absolute Gasteiger partial charge is 0.137 e. The van der Waals surface area contributed by atoms with E-state index in [0.717, 1.165) is 0 Å². The van der Waals surface area contributed by atoms with E-state index in [2.05, 4.69) is 15.9 Å². The van der Waals surface area contributed by atoms with Crippen LogP contribution >= 0.6 is 39.1 Å². The van der Waals surface area contributed by atoms with Crippen LogP contribution in [0.4, 0.5) is 8.78 Å². The van der Waals surface area contributed by atoms with Crippen LogP contribution in [-0.2, 0) is 0 Å². The van der Waals surface area contributed by atoms with Gasteiger partial charge < -0.3 is 0 Å². The molecule has 0 spiro atoms. The maximum Gasteiger partial charge on any atom is 0.137 e. The number of aryl methyl sites for hydroxylation is 1. The summed E-state index contributed by atoms with van der Waals surface area (Å²) in [5.41, 5.74) is 1.75. The van der Waals surface area contributed by atoms with Crippen molar-refractivity contribution < 1.29 is 8.78 Å². The zero-order valence-electron chi connectivity index (χ0n) is 9.85. The van der Waals surface area contributed by atoms with Crippen LogP contribution in [-0.4, -0.2) is 0 Å². The zero-order valence-corrected chi connectivity index (χ0v) is 13.0. The fraction of sp³-hybridized carbons (Fsp3) is 0.143. The van der Waals surface area contributed by atoms with Crippen molar-refractivity contribution in [2.45, 2.75) is 12.3 Å². The Morgan fingerprint density at radius 3 is 2.42 bits per heavy atom. The Kier molecular flexibility index (Phi) is 4.49. The lowest BCUT2D eigenvalue weighted by molar-refractivity contribution is 0.617. The highest BCUT2D eigenvalue weighted by molar-refractivity contribution is 9.10. The molecule has 0 nitrogen and oxygen atoms in total. The van der Waals surface area contributed by atoms with Gasteiger partial charge >= 0.3 is 0 Å². The van der Waals surface area contributed by atoms with Crippen molar-refractivity contribution in [2.75, 3.05) is 0 Å². The summed E-state index contributed by atoms with van der Waals surface area (Å²) in [6.45, 7) is 1.64. The van der Waals surface area contributed by atoms with Crippen molar-refractivity contribution in [3.8, 4) is 0 Å². The van der Waals surface area contributed by atoms with Crippen LogP contribution in [0.25, 0.3) is 0 Å². The average molecular weight is 366 g/mol. The van der Waals surface area contributed by atoms with Gasteiger partial charge in [-0.1, -0.05) is 17.7 Å². The molecule has 100 valence electrons. The van der Waals surface area contributed by atoms with Gasteiger partial charge in [-0.3, -0.25) is 0 Å². The van der Waals surface area contributed by atoms with Gasteiger partial charge in [-0.05, 0) is 63.8 Å². The Balaban J connectivity index is 2.46. The molecule has 0 fully saturated rings. The minimum Gasteiger partial charge on any atom is -0.207 e. The second kappa shape index (κ2) is 5.78. The Morgan fingerprint density at radius 1 is 1.11 bits per heavy atom. The topological polar surface area (TPSA) is 0 Å². The summed E-state index contributed by atoms with van der Waals surface area (Å²) in [4.78, 5) is 0. The summed E-state index contributed by atoms with van der Waals surface area (Å²) < 4.78 is 26.9. The molecule has 1 atom stereocenters. The van der Waals surface area contributed by atoms with Gasteiger partial charge in [0.05, 0.1) is 9.85 Å². The van der Waals surface area contributed by atoms with Gasteiger partial charge in [-0.25, -0.2) is 8.78 Å². The van der Waals surface area contributed by atoms with E-state index in [1.807, 2.05) is 0 Å². The lowest BCUT2D eigenvalue weighted by Gasteiger charge is -2.14. The van der Waals surface area contributed by atoms with Crippen LogP contribution in [0.15, 0.2) is 34.8 Å². The summed E-state index contributed by atoms with van der Waals surface area (Å²) >= 11 is 15.4. The van der Waals surface area contributed by atoms with Gasteiger partial charge in [0.15, 0.2) is 0 Å². The molecule has 0 heterocycles. The summed E-state index contributed by atoms with van der Waals surface area (Å²) in [5.74, 6) is -0.744. The highest BCUT2D eigenvalue weighted by Gasteiger charge is 2.17. The summed E-state index contributed by atoms with van der Waals surface area (Å²) in [7, 11) is 0. The first-order valence-corrected chi connectivity index (χ1v) is 7.05. The molecule has 2 aromatic rings. The molecule has 1 unspecified atom stereocenters. The molecule has 2 rings (SSSR count). The molecule has 0 aliphatic carbocycles. The first-order chi connectivity index (χ1) is 8.90. The van der Waals surface area contributed by atoms with Gasteiger partial charge in [0.1, 0.15) is 11.6 Å². The lowest BCUT2D eigenvalue weighted by atomic mass is 10.0. The Labute approximate surface area is 128 Å². The maximum atomic E-state index is 13.4. The van der Waals surface area contributed by atoms with Gasteiger partial charge in [0, 0.05) is 5.02 Å². The fourth-order valence-corrected chi connectivity index (χ4v) is 2.75. The van der Waals surface area contributed by atoms with E-state index in [1.54, 1.807) is 25.1 Å². The normalized spacial score (nSPS) is 12.5.